The molecule has 160 valence electrons. The molecule has 1 aliphatic carbocycles. The van der Waals surface area contributed by atoms with Crippen LogP contribution in [0.5, 0.6) is 5.75 Å². The van der Waals surface area contributed by atoms with Crippen molar-refractivity contribution in [2.45, 2.75) is 58.1 Å². The number of fused-ring (bicyclic) bond motifs is 1. The van der Waals surface area contributed by atoms with Crippen LogP contribution in [-0.2, 0) is 26.2 Å². The lowest BCUT2D eigenvalue weighted by atomic mass is 9.80. The smallest absolute Gasteiger partial charge is 0.407 e. The second-order valence-electron chi connectivity index (χ2n) is 8.35. The van der Waals surface area contributed by atoms with E-state index in [2.05, 4.69) is 5.32 Å². The topological polar surface area (TPSA) is 125 Å². The number of carbonyl (C=O) groups excluding carboxylic acids is 2. The van der Waals surface area contributed by atoms with Gasteiger partial charge in [0, 0.05) is 6.04 Å². The van der Waals surface area contributed by atoms with Crippen molar-refractivity contribution in [1.82, 2.24) is 10.0 Å². The summed E-state index contributed by atoms with van der Waals surface area (Å²) in [5.74, 6) is -2.52. The Morgan fingerprint density at radius 2 is 2.07 bits per heavy atom. The average Bonchev–Trinajstić information content (AvgIpc) is 2.79. The fourth-order valence-corrected chi connectivity index (χ4v) is 4.85. The zero-order valence-electron chi connectivity index (χ0n) is 16.6. The van der Waals surface area contributed by atoms with Gasteiger partial charge < -0.3 is 15.2 Å². The largest absolute Gasteiger partial charge is 0.506 e. The first-order valence-corrected chi connectivity index (χ1v) is 10.6. The Kier molecular flexibility index (Phi) is 5.14. The van der Waals surface area contributed by atoms with E-state index in [0.29, 0.717) is 16.3 Å². The number of ether oxygens (including phenoxy) is 1. The predicted octanol–water partition coefficient (Wildman–Crippen LogP) is 1.66. The summed E-state index contributed by atoms with van der Waals surface area (Å²) >= 11 is 0. The second-order valence-corrected chi connectivity index (χ2v) is 9.94. The van der Waals surface area contributed by atoms with Crippen molar-refractivity contribution in [3.05, 3.63) is 23.0 Å². The van der Waals surface area contributed by atoms with Crippen LogP contribution in [0.1, 0.15) is 51.2 Å². The van der Waals surface area contributed by atoms with Crippen LogP contribution < -0.4 is 14.3 Å². The van der Waals surface area contributed by atoms with Crippen molar-refractivity contribution in [2.75, 3.05) is 10.8 Å². The number of halogens is 1. The van der Waals surface area contributed by atoms with Gasteiger partial charge in [-0.25, -0.2) is 18.2 Å². The van der Waals surface area contributed by atoms with Gasteiger partial charge in [0.15, 0.2) is 5.82 Å². The maximum atomic E-state index is 15.3. The van der Waals surface area contributed by atoms with Gasteiger partial charge in [-0.1, -0.05) is 6.92 Å². The number of rotatable bonds is 2. The molecule has 29 heavy (non-hydrogen) atoms. The van der Waals surface area contributed by atoms with Gasteiger partial charge in [0.05, 0.1) is 0 Å². The number of amides is 2. The SMILES string of the molecule is C[C@H]1C[C@@H](NC(=O)OC(C)(C)C)Cc2c1cc(O)c(N1CC(=O)NS1(=O)=O)c2F. The summed E-state index contributed by atoms with van der Waals surface area (Å²) in [6.07, 6.45) is -0.0470. The summed E-state index contributed by atoms with van der Waals surface area (Å²) in [6, 6.07) is 0.884. The molecule has 9 nitrogen and oxygen atoms in total. The van der Waals surface area contributed by atoms with Crippen molar-refractivity contribution in [2.24, 2.45) is 0 Å². The van der Waals surface area contributed by atoms with Crippen LogP contribution in [0.15, 0.2) is 6.07 Å². The van der Waals surface area contributed by atoms with Crippen molar-refractivity contribution < 1.29 is 32.2 Å². The van der Waals surface area contributed by atoms with Crippen LogP contribution in [0.4, 0.5) is 14.9 Å². The predicted molar refractivity (Wildman–Crippen MR) is 102 cm³/mol. The van der Waals surface area contributed by atoms with Gasteiger partial charge in [-0.15, -0.1) is 0 Å². The number of phenolic OH excluding ortho intramolecular Hbond substituents is 1. The van der Waals surface area contributed by atoms with E-state index in [9.17, 15) is 23.1 Å². The molecule has 0 radical (unpaired) electrons. The zero-order chi connectivity index (χ0) is 21.7. The van der Waals surface area contributed by atoms with Crippen LogP contribution >= 0.6 is 0 Å². The number of nitrogens with zero attached hydrogens (tertiary/aromatic N) is 1. The van der Waals surface area contributed by atoms with E-state index < -0.39 is 57.7 Å². The lowest BCUT2D eigenvalue weighted by Gasteiger charge is -2.32. The Labute approximate surface area is 168 Å². The molecule has 0 unspecified atom stereocenters. The van der Waals surface area contributed by atoms with Crippen molar-refractivity contribution >= 4 is 27.9 Å². The highest BCUT2D eigenvalue weighted by atomic mass is 32.2. The number of benzene rings is 1. The van der Waals surface area contributed by atoms with Gasteiger partial charge in [0.25, 0.3) is 5.91 Å². The van der Waals surface area contributed by atoms with E-state index in [4.69, 9.17) is 4.74 Å². The summed E-state index contributed by atoms with van der Waals surface area (Å²) in [5.41, 5.74) is -0.544. The molecule has 0 spiro atoms. The van der Waals surface area contributed by atoms with E-state index in [1.165, 1.54) is 6.07 Å². The number of hydrogen-bond acceptors (Lipinski definition) is 6. The summed E-state index contributed by atoms with van der Waals surface area (Å²) in [7, 11) is -4.28. The Hall–Kier alpha value is -2.56. The summed E-state index contributed by atoms with van der Waals surface area (Å²) in [5, 5.41) is 13.0. The molecule has 1 fully saturated rings. The number of nitrogens with one attached hydrogen (secondary N) is 2. The first-order chi connectivity index (χ1) is 13.3. The lowest BCUT2D eigenvalue weighted by molar-refractivity contribution is -0.117. The maximum absolute atomic E-state index is 15.3. The number of carbonyl (C=O) groups is 2. The number of alkyl carbamates (subject to hydrolysis) is 1. The lowest BCUT2D eigenvalue weighted by Crippen LogP contribution is -2.42. The highest BCUT2D eigenvalue weighted by Gasteiger charge is 2.40. The third kappa shape index (κ3) is 4.24. The highest BCUT2D eigenvalue weighted by molar-refractivity contribution is 7.92. The summed E-state index contributed by atoms with van der Waals surface area (Å²) < 4.78 is 47.0. The molecule has 3 rings (SSSR count). The number of phenols is 1. The van der Waals surface area contributed by atoms with E-state index in [1.54, 1.807) is 25.5 Å². The average molecular weight is 429 g/mol. The van der Waals surface area contributed by atoms with Gasteiger partial charge in [0.1, 0.15) is 23.6 Å². The van der Waals surface area contributed by atoms with E-state index >= 15 is 4.39 Å². The van der Waals surface area contributed by atoms with Gasteiger partial charge in [-0.2, -0.15) is 8.42 Å². The highest BCUT2D eigenvalue weighted by Crippen LogP contribution is 2.42. The summed E-state index contributed by atoms with van der Waals surface area (Å²) in [6.45, 7) is 6.38. The molecule has 3 N–H and O–H groups in total. The van der Waals surface area contributed by atoms with Gasteiger partial charge in [-0.05, 0) is 56.7 Å². The van der Waals surface area contributed by atoms with Crippen LogP contribution in [0, 0.1) is 5.82 Å². The van der Waals surface area contributed by atoms with Gasteiger partial charge >= 0.3 is 16.3 Å². The van der Waals surface area contributed by atoms with Crippen LogP contribution in [0.3, 0.4) is 0 Å². The fourth-order valence-electron chi connectivity index (χ4n) is 3.68. The van der Waals surface area contributed by atoms with Crippen LogP contribution in [0.2, 0.25) is 0 Å². The van der Waals surface area contributed by atoms with Crippen molar-refractivity contribution in [1.29, 1.82) is 0 Å². The molecule has 0 bridgehead atoms. The normalized spacial score (nSPS) is 23.3. The molecule has 1 heterocycles. The van der Waals surface area contributed by atoms with Crippen LogP contribution in [0.25, 0.3) is 0 Å². The van der Waals surface area contributed by atoms with E-state index in [-0.39, 0.29) is 17.9 Å². The monoisotopic (exact) mass is 429 g/mol. The molecule has 0 saturated carbocycles. The summed E-state index contributed by atoms with van der Waals surface area (Å²) in [4.78, 5) is 23.6. The zero-order valence-corrected chi connectivity index (χ0v) is 17.4. The molecular formula is C18H24FN3O6S. The second kappa shape index (κ2) is 7.05. The third-order valence-corrected chi connectivity index (χ3v) is 6.14. The molecule has 1 aromatic rings. The minimum atomic E-state index is -4.28. The van der Waals surface area contributed by atoms with Crippen LogP contribution in [-0.4, -0.2) is 43.7 Å². The molecule has 2 amide bonds. The molecule has 11 heteroatoms. The first kappa shape index (κ1) is 21.2. The van der Waals surface area contributed by atoms with Gasteiger partial charge in [-0.3, -0.25) is 4.79 Å². The Morgan fingerprint density at radius 3 is 2.62 bits per heavy atom. The molecule has 1 aromatic carbocycles. The minimum absolute atomic E-state index is 0.0906. The quantitative estimate of drug-likeness (QED) is 0.657. The number of hydrogen-bond donors (Lipinski definition) is 3. The Bertz CT molecular complexity index is 973. The molecular weight excluding hydrogens is 405 g/mol. The molecule has 1 saturated heterocycles. The fraction of sp³-hybridized carbons (Fsp3) is 0.556. The Morgan fingerprint density at radius 1 is 1.41 bits per heavy atom. The number of aromatic hydroxyl groups is 1. The standard InChI is InChI=1S/C18H24FN3O6S/c1-9-5-10(20-17(25)28-18(2,3)4)6-12-11(9)7-13(23)16(15(12)19)22-8-14(24)21-29(22,26)27/h7,9-10,23H,5-6,8H2,1-4H3,(H,20,25)(H,21,24)/t9-,10+/m0/s1. The number of anilines is 1. The van der Waals surface area contributed by atoms with Crippen molar-refractivity contribution in [3.8, 4) is 5.75 Å². The van der Waals surface area contributed by atoms with E-state index in [0.717, 1.165) is 0 Å². The minimum Gasteiger partial charge on any atom is -0.506 e. The maximum Gasteiger partial charge on any atom is 0.407 e. The molecule has 2 atom stereocenters. The Balaban J connectivity index is 1.94. The molecule has 2 aliphatic rings. The third-order valence-electron chi connectivity index (χ3n) is 4.77. The van der Waals surface area contributed by atoms with E-state index in [1.807, 2.05) is 6.92 Å². The molecule has 1 aliphatic heterocycles. The van der Waals surface area contributed by atoms with Gasteiger partial charge in [0.2, 0.25) is 0 Å². The van der Waals surface area contributed by atoms with Crippen molar-refractivity contribution in [3.63, 3.8) is 0 Å². The first-order valence-electron chi connectivity index (χ1n) is 9.15. The molecule has 0 aromatic heterocycles.